The number of amides is 1. The highest BCUT2D eigenvalue weighted by Crippen LogP contribution is 2.43. The summed E-state index contributed by atoms with van der Waals surface area (Å²) in [6.45, 7) is -0.515. The van der Waals surface area contributed by atoms with Crippen molar-refractivity contribution in [2.75, 3.05) is 38.7 Å². The van der Waals surface area contributed by atoms with E-state index in [9.17, 15) is 27.2 Å². The number of rotatable bonds is 4. The van der Waals surface area contributed by atoms with Crippen LogP contribution in [0.1, 0.15) is 33.2 Å². The minimum atomic E-state index is -4.15. The maximum absolute atomic E-state index is 15.3. The number of halogens is 2. The zero-order chi connectivity index (χ0) is 29.8. The van der Waals surface area contributed by atoms with E-state index in [1.807, 2.05) is 0 Å². The third kappa shape index (κ3) is 4.36. The van der Waals surface area contributed by atoms with E-state index >= 15 is 4.39 Å². The van der Waals surface area contributed by atoms with Gasteiger partial charge in [-0.15, -0.1) is 0 Å². The Kier molecular flexibility index (Phi) is 6.85. The molecule has 3 aliphatic heterocycles. The average Bonchev–Trinajstić information content (AvgIpc) is 3.08. The Hall–Kier alpha value is -4.50. The molecule has 0 radical (unpaired) electrons. The van der Waals surface area contributed by atoms with Crippen molar-refractivity contribution in [1.82, 2.24) is 9.58 Å². The van der Waals surface area contributed by atoms with E-state index in [1.165, 1.54) is 34.0 Å². The number of fused-ring (bicyclic) bond motifs is 4. The molecule has 2 aromatic carbocycles. The molecule has 220 valence electrons. The fourth-order valence-corrected chi connectivity index (χ4v) is 7.23. The third-order valence-corrected chi connectivity index (χ3v) is 9.09. The number of benzene rings is 2. The highest BCUT2D eigenvalue weighted by Gasteiger charge is 2.47. The number of aromatic nitrogens is 1. The van der Waals surface area contributed by atoms with Crippen molar-refractivity contribution in [2.45, 2.75) is 22.9 Å². The first-order valence-electron chi connectivity index (χ1n) is 12.7. The number of methoxy groups -OCH3 is 1. The van der Waals surface area contributed by atoms with E-state index in [0.29, 0.717) is 0 Å². The molecule has 6 rings (SSSR count). The minimum absolute atomic E-state index is 0.0244. The second-order valence-corrected chi connectivity index (χ2v) is 11.6. The van der Waals surface area contributed by atoms with Crippen LogP contribution in [-0.2, 0) is 29.8 Å². The van der Waals surface area contributed by atoms with Crippen LogP contribution in [-0.4, -0.2) is 69.9 Å². The van der Waals surface area contributed by atoms with Gasteiger partial charge in [-0.3, -0.25) is 19.3 Å². The molecule has 0 aliphatic carbocycles. The number of nitrogens with zero attached hydrogens (tertiary/aromatic N) is 3. The first kappa shape index (κ1) is 27.7. The quantitative estimate of drug-likeness (QED) is 0.322. The van der Waals surface area contributed by atoms with Crippen LogP contribution in [0.15, 0.2) is 58.4 Å². The zero-order valence-corrected chi connectivity index (χ0v) is 22.8. The summed E-state index contributed by atoms with van der Waals surface area (Å²) >= 11 is 0. The van der Waals surface area contributed by atoms with Gasteiger partial charge in [-0.1, -0.05) is 24.3 Å². The van der Waals surface area contributed by atoms with Crippen molar-refractivity contribution in [2.24, 2.45) is 0 Å². The second kappa shape index (κ2) is 10.4. The maximum Gasteiger partial charge on any atom is 0.510 e. The number of morpholine rings is 1. The van der Waals surface area contributed by atoms with E-state index < -0.39 is 69.5 Å². The van der Waals surface area contributed by atoms with E-state index in [-0.39, 0.29) is 47.0 Å². The molecule has 0 N–H and O–H groups in total. The van der Waals surface area contributed by atoms with Crippen molar-refractivity contribution >= 4 is 21.9 Å². The van der Waals surface area contributed by atoms with Gasteiger partial charge in [0.05, 0.1) is 37.0 Å². The van der Waals surface area contributed by atoms with E-state index in [4.69, 9.17) is 14.2 Å². The molecule has 3 aliphatic rings. The standard InChI is InChI=1S/C27H23F2N3O9S/c1-38-27(35)41-14-40-25-19(33)8-9-31-24(25)26(34)30-10-11-39-12-21(30)32(31)23-15-6-7-18(28)22(29)17(15)13-42(36,37)20-5-3-2-4-16(20)23/h2-9,21,23H,10-14H2,1H3/t21-,23+/m0/s1. The van der Waals surface area contributed by atoms with Crippen molar-refractivity contribution < 1.29 is 45.7 Å². The van der Waals surface area contributed by atoms with Crippen LogP contribution in [0.3, 0.4) is 0 Å². The van der Waals surface area contributed by atoms with Gasteiger partial charge in [-0.25, -0.2) is 22.0 Å². The Bertz CT molecular complexity index is 1780. The highest BCUT2D eigenvalue weighted by molar-refractivity contribution is 7.90. The van der Waals surface area contributed by atoms with Gasteiger partial charge in [0.1, 0.15) is 6.17 Å². The lowest BCUT2D eigenvalue weighted by molar-refractivity contribution is -0.0209. The van der Waals surface area contributed by atoms with Gasteiger partial charge in [-0.2, -0.15) is 0 Å². The molecule has 1 amide bonds. The molecule has 0 saturated carbocycles. The third-order valence-electron chi connectivity index (χ3n) is 7.38. The SMILES string of the molecule is COC(=O)OCOc1c2n(ccc1=O)N([C@H]1c3ccccc3S(=O)(=O)Cc3c1ccc(F)c3F)[C@H]1COCCN1C2=O. The van der Waals surface area contributed by atoms with E-state index in [0.717, 1.165) is 19.2 Å². The number of hydrogen-bond acceptors (Lipinski definition) is 10. The van der Waals surface area contributed by atoms with Crippen LogP contribution in [0.25, 0.3) is 0 Å². The number of hydrogen-bond donors (Lipinski definition) is 0. The van der Waals surface area contributed by atoms with Crippen LogP contribution in [0, 0.1) is 11.6 Å². The van der Waals surface area contributed by atoms with Gasteiger partial charge in [-0.05, 0) is 23.3 Å². The Balaban J connectivity index is 1.62. The summed E-state index contributed by atoms with van der Waals surface area (Å²) in [6, 6.07) is 8.31. The molecule has 0 bridgehead atoms. The predicted molar refractivity (Wildman–Crippen MR) is 139 cm³/mol. The van der Waals surface area contributed by atoms with Crippen molar-refractivity contribution in [3.8, 4) is 5.75 Å². The largest absolute Gasteiger partial charge is 0.510 e. The molecule has 3 aromatic rings. The van der Waals surface area contributed by atoms with Crippen LogP contribution in [0.2, 0.25) is 0 Å². The summed E-state index contributed by atoms with van der Waals surface area (Å²) in [5.74, 6) is -4.36. The molecular formula is C27H23F2N3O9S. The summed E-state index contributed by atoms with van der Waals surface area (Å²) in [5.41, 5.74) is -0.927. The molecule has 4 heterocycles. The summed E-state index contributed by atoms with van der Waals surface area (Å²) in [6.07, 6.45) is -0.639. The number of carbonyl (C=O) groups excluding carboxylic acids is 2. The number of carbonyl (C=O) groups is 2. The second-order valence-electron chi connectivity index (χ2n) is 9.63. The summed E-state index contributed by atoms with van der Waals surface area (Å²) in [7, 11) is -3.06. The molecule has 1 saturated heterocycles. The smallest absolute Gasteiger partial charge is 0.451 e. The van der Waals surface area contributed by atoms with Crippen LogP contribution in [0.4, 0.5) is 13.6 Å². The average molecular weight is 604 g/mol. The monoisotopic (exact) mass is 603 g/mol. The fraction of sp³-hybridized carbons (Fsp3) is 0.296. The Morgan fingerprint density at radius 3 is 2.67 bits per heavy atom. The van der Waals surface area contributed by atoms with Crippen LogP contribution < -0.4 is 15.2 Å². The normalized spacial score (nSPS) is 20.4. The summed E-state index contributed by atoms with van der Waals surface area (Å²) < 4.78 is 78.5. The minimum Gasteiger partial charge on any atom is -0.451 e. The lowest BCUT2D eigenvalue weighted by atomic mass is 9.93. The maximum atomic E-state index is 15.3. The predicted octanol–water partition coefficient (Wildman–Crippen LogP) is 2.07. The zero-order valence-electron chi connectivity index (χ0n) is 22.0. The van der Waals surface area contributed by atoms with Crippen LogP contribution in [0.5, 0.6) is 5.75 Å². The molecule has 42 heavy (non-hydrogen) atoms. The van der Waals surface area contributed by atoms with Crippen LogP contribution >= 0.6 is 0 Å². The number of pyridine rings is 1. The molecule has 1 aromatic heterocycles. The molecular weight excluding hydrogens is 580 g/mol. The van der Waals surface area contributed by atoms with E-state index in [1.54, 1.807) is 17.1 Å². The Morgan fingerprint density at radius 2 is 1.88 bits per heavy atom. The first-order valence-corrected chi connectivity index (χ1v) is 14.3. The lowest BCUT2D eigenvalue weighted by Gasteiger charge is -2.51. The molecule has 0 unspecified atom stereocenters. The van der Waals surface area contributed by atoms with Gasteiger partial charge in [0, 0.05) is 24.4 Å². The van der Waals surface area contributed by atoms with Crippen molar-refractivity contribution in [1.29, 1.82) is 0 Å². The van der Waals surface area contributed by atoms with Gasteiger partial charge < -0.3 is 23.8 Å². The summed E-state index contributed by atoms with van der Waals surface area (Å²) in [5, 5.41) is 1.58. The van der Waals surface area contributed by atoms with E-state index in [2.05, 4.69) is 4.74 Å². The molecule has 2 atom stereocenters. The highest BCUT2D eigenvalue weighted by atomic mass is 32.2. The number of ether oxygens (including phenoxy) is 4. The molecule has 0 spiro atoms. The number of sulfone groups is 1. The lowest BCUT2D eigenvalue weighted by Crippen LogP contribution is -2.66. The van der Waals surface area contributed by atoms with Crippen molar-refractivity contribution in [3.63, 3.8) is 0 Å². The first-order chi connectivity index (χ1) is 20.1. The Morgan fingerprint density at radius 1 is 1.10 bits per heavy atom. The van der Waals surface area contributed by atoms with Crippen molar-refractivity contribution in [3.05, 3.63) is 92.9 Å². The summed E-state index contributed by atoms with van der Waals surface area (Å²) in [4.78, 5) is 39.6. The molecule has 12 nitrogen and oxygen atoms in total. The van der Waals surface area contributed by atoms with Gasteiger partial charge >= 0.3 is 6.16 Å². The van der Waals surface area contributed by atoms with Gasteiger partial charge in [0.2, 0.25) is 18.0 Å². The van der Waals surface area contributed by atoms with Gasteiger partial charge in [0.15, 0.2) is 27.2 Å². The fourth-order valence-electron chi connectivity index (χ4n) is 5.57. The molecule has 1 fully saturated rings. The van der Waals surface area contributed by atoms with Gasteiger partial charge in [0.25, 0.3) is 5.91 Å². The Labute approximate surface area is 237 Å². The topological polar surface area (TPSA) is 134 Å². The molecule has 15 heteroatoms.